The van der Waals surface area contributed by atoms with Crippen LogP contribution in [0.4, 0.5) is 8.78 Å². The van der Waals surface area contributed by atoms with Gasteiger partial charge in [0.2, 0.25) is 0 Å². The molecule has 0 unspecified atom stereocenters. The number of piperazine rings is 1. The van der Waals surface area contributed by atoms with Crippen LogP contribution in [0.3, 0.4) is 0 Å². The standard InChI is InChI=1S/C20H25F2N3O/c1-4-10-24-19(25-13-11-23-12-14-25)15(3)18(26)16-6-8-17(9-7-16)20(21,22)5-2/h4,6-10,23H,3,5,11-14H2,1-2H3/b10-4-,24-19?. The van der Waals surface area contributed by atoms with Gasteiger partial charge >= 0.3 is 0 Å². The smallest absolute Gasteiger partial charge is 0.273 e. The lowest BCUT2D eigenvalue weighted by atomic mass is 9.99. The van der Waals surface area contributed by atoms with Gasteiger partial charge in [-0.05, 0) is 6.92 Å². The zero-order valence-electron chi connectivity index (χ0n) is 15.3. The Labute approximate surface area is 153 Å². The highest BCUT2D eigenvalue weighted by molar-refractivity contribution is 6.26. The highest BCUT2D eigenvalue weighted by atomic mass is 19.3. The Hall–Kier alpha value is -2.34. The predicted molar refractivity (Wildman–Crippen MR) is 101 cm³/mol. The van der Waals surface area contributed by atoms with E-state index in [1.807, 2.05) is 11.8 Å². The third-order valence-electron chi connectivity index (χ3n) is 4.32. The van der Waals surface area contributed by atoms with Crippen LogP contribution in [0.25, 0.3) is 0 Å². The number of Topliss-reactive ketones (excluding diaryl/α,β-unsaturated/α-hetero) is 1. The number of rotatable bonds is 6. The number of nitrogens with one attached hydrogen (secondary N) is 1. The summed E-state index contributed by atoms with van der Waals surface area (Å²) in [5.41, 5.74) is 0.501. The first-order chi connectivity index (χ1) is 12.4. The molecule has 1 fully saturated rings. The van der Waals surface area contributed by atoms with Gasteiger partial charge in [0.1, 0.15) is 5.84 Å². The molecule has 1 heterocycles. The second-order valence-electron chi connectivity index (χ2n) is 6.12. The van der Waals surface area contributed by atoms with Crippen LogP contribution in [-0.2, 0) is 5.92 Å². The highest BCUT2D eigenvalue weighted by Gasteiger charge is 2.29. The molecule has 0 bridgehead atoms. The van der Waals surface area contributed by atoms with E-state index in [2.05, 4.69) is 16.9 Å². The number of benzene rings is 1. The van der Waals surface area contributed by atoms with Crippen LogP contribution < -0.4 is 5.32 Å². The van der Waals surface area contributed by atoms with Crippen molar-refractivity contribution in [2.45, 2.75) is 26.2 Å². The topological polar surface area (TPSA) is 44.7 Å². The molecular weight excluding hydrogens is 336 g/mol. The van der Waals surface area contributed by atoms with E-state index in [1.165, 1.54) is 31.2 Å². The Morgan fingerprint density at radius 3 is 2.46 bits per heavy atom. The monoisotopic (exact) mass is 361 g/mol. The van der Waals surface area contributed by atoms with Crippen molar-refractivity contribution in [2.75, 3.05) is 26.2 Å². The minimum Gasteiger partial charge on any atom is -0.353 e. The van der Waals surface area contributed by atoms with E-state index in [1.54, 1.807) is 12.3 Å². The summed E-state index contributed by atoms with van der Waals surface area (Å²) in [5, 5.41) is 3.25. The Balaban J connectivity index is 2.24. The molecule has 1 aromatic rings. The molecule has 1 aromatic carbocycles. The van der Waals surface area contributed by atoms with Crippen LogP contribution in [0.1, 0.15) is 36.2 Å². The van der Waals surface area contributed by atoms with Gasteiger partial charge in [-0.1, -0.05) is 43.8 Å². The summed E-state index contributed by atoms with van der Waals surface area (Å²) in [4.78, 5) is 19.2. The Bertz CT molecular complexity index is 702. The molecule has 6 heteroatoms. The summed E-state index contributed by atoms with van der Waals surface area (Å²) in [6.45, 7) is 10.3. The van der Waals surface area contributed by atoms with Crippen LogP contribution in [0, 0.1) is 0 Å². The van der Waals surface area contributed by atoms with Gasteiger partial charge in [0.05, 0.1) is 5.57 Å². The fraction of sp³-hybridized carbons (Fsp3) is 0.400. The quantitative estimate of drug-likeness (QED) is 0.363. The molecule has 0 amide bonds. The van der Waals surface area contributed by atoms with Crippen molar-refractivity contribution >= 4 is 11.6 Å². The number of hydrogen-bond donors (Lipinski definition) is 1. The zero-order valence-corrected chi connectivity index (χ0v) is 15.3. The van der Waals surface area contributed by atoms with Crippen LogP contribution in [0.15, 0.2) is 53.7 Å². The largest absolute Gasteiger partial charge is 0.353 e. The van der Waals surface area contributed by atoms with Gasteiger partial charge in [0, 0.05) is 49.9 Å². The number of alkyl halides is 2. The first-order valence-corrected chi connectivity index (χ1v) is 8.77. The van der Waals surface area contributed by atoms with Crippen molar-refractivity contribution < 1.29 is 13.6 Å². The van der Waals surface area contributed by atoms with Crippen molar-refractivity contribution in [3.8, 4) is 0 Å². The average Bonchev–Trinajstić information content (AvgIpc) is 2.68. The van der Waals surface area contributed by atoms with Crippen LogP contribution in [0.2, 0.25) is 0 Å². The zero-order chi connectivity index (χ0) is 19.2. The SMILES string of the molecule is C=C(C(=O)c1ccc(C(F)(F)CC)cc1)C(=N/C=C\C)N1CCNCC1. The van der Waals surface area contributed by atoms with E-state index in [4.69, 9.17) is 0 Å². The van der Waals surface area contributed by atoms with Gasteiger partial charge in [-0.2, -0.15) is 0 Å². The number of amidine groups is 1. The Morgan fingerprint density at radius 1 is 1.31 bits per heavy atom. The lowest BCUT2D eigenvalue weighted by molar-refractivity contribution is -0.00830. The molecule has 0 spiro atoms. The number of hydrogen-bond acceptors (Lipinski definition) is 3. The summed E-state index contributed by atoms with van der Waals surface area (Å²) in [6.07, 6.45) is 3.12. The molecular formula is C20H25F2N3O. The van der Waals surface area contributed by atoms with E-state index >= 15 is 0 Å². The summed E-state index contributed by atoms with van der Waals surface area (Å²) >= 11 is 0. The second-order valence-corrected chi connectivity index (χ2v) is 6.12. The molecule has 1 saturated heterocycles. The maximum Gasteiger partial charge on any atom is 0.273 e. The minimum atomic E-state index is -2.89. The van der Waals surface area contributed by atoms with Gasteiger partial charge in [-0.25, -0.2) is 13.8 Å². The Kier molecular flexibility index (Phi) is 6.80. The van der Waals surface area contributed by atoms with Gasteiger partial charge in [0.25, 0.3) is 5.92 Å². The lowest BCUT2D eigenvalue weighted by Crippen LogP contribution is -2.47. The van der Waals surface area contributed by atoms with Crippen molar-refractivity contribution in [1.82, 2.24) is 10.2 Å². The summed E-state index contributed by atoms with van der Waals surface area (Å²) in [6, 6.07) is 5.46. The molecule has 0 aliphatic carbocycles. The maximum atomic E-state index is 13.7. The number of nitrogens with zero attached hydrogens (tertiary/aromatic N) is 2. The first kappa shape index (κ1) is 20.0. The molecule has 0 atom stereocenters. The molecule has 0 saturated carbocycles. The van der Waals surface area contributed by atoms with Crippen LogP contribution in [-0.4, -0.2) is 42.7 Å². The van der Waals surface area contributed by atoms with Gasteiger partial charge < -0.3 is 10.2 Å². The van der Waals surface area contributed by atoms with Crippen LogP contribution >= 0.6 is 0 Å². The van der Waals surface area contributed by atoms with E-state index < -0.39 is 5.92 Å². The number of aliphatic imine (C=N–C) groups is 1. The Morgan fingerprint density at radius 2 is 1.92 bits per heavy atom. The number of ketones is 1. The number of carbonyl (C=O) groups excluding carboxylic acids is 1. The van der Waals surface area contributed by atoms with E-state index in [9.17, 15) is 13.6 Å². The molecule has 26 heavy (non-hydrogen) atoms. The van der Waals surface area contributed by atoms with Gasteiger partial charge in [-0.3, -0.25) is 4.79 Å². The summed E-state index contributed by atoms with van der Waals surface area (Å²) in [5.74, 6) is -2.67. The first-order valence-electron chi connectivity index (χ1n) is 8.77. The average molecular weight is 361 g/mol. The molecule has 140 valence electrons. The maximum absolute atomic E-state index is 13.7. The number of carbonyl (C=O) groups is 1. The molecule has 1 N–H and O–H groups in total. The lowest BCUT2D eigenvalue weighted by Gasteiger charge is -2.30. The van der Waals surface area contributed by atoms with E-state index in [-0.39, 0.29) is 23.3 Å². The predicted octanol–water partition coefficient (Wildman–Crippen LogP) is 3.76. The van der Waals surface area contributed by atoms with Gasteiger partial charge in [0.15, 0.2) is 5.78 Å². The molecule has 4 nitrogen and oxygen atoms in total. The molecule has 1 aliphatic heterocycles. The van der Waals surface area contributed by atoms with Crippen molar-refractivity contribution in [3.63, 3.8) is 0 Å². The van der Waals surface area contributed by atoms with Gasteiger partial charge in [-0.15, -0.1) is 0 Å². The van der Waals surface area contributed by atoms with Crippen molar-refractivity contribution in [3.05, 3.63) is 59.8 Å². The van der Waals surface area contributed by atoms with Crippen molar-refractivity contribution in [1.29, 1.82) is 0 Å². The van der Waals surface area contributed by atoms with E-state index in [0.29, 0.717) is 11.4 Å². The minimum absolute atomic E-state index is 0.0907. The third kappa shape index (κ3) is 4.64. The normalized spacial score (nSPS) is 16.2. The van der Waals surface area contributed by atoms with Crippen molar-refractivity contribution in [2.24, 2.45) is 4.99 Å². The fourth-order valence-electron chi connectivity index (χ4n) is 2.72. The van der Waals surface area contributed by atoms with Crippen LogP contribution in [0.5, 0.6) is 0 Å². The number of allylic oxidation sites excluding steroid dienone is 1. The third-order valence-corrected chi connectivity index (χ3v) is 4.32. The second kappa shape index (κ2) is 8.85. The molecule has 2 rings (SSSR count). The molecule has 0 radical (unpaired) electrons. The highest BCUT2D eigenvalue weighted by Crippen LogP contribution is 2.31. The fourth-order valence-corrected chi connectivity index (χ4v) is 2.72. The number of halogens is 2. The molecule has 0 aromatic heterocycles. The summed E-state index contributed by atoms with van der Waals surface area (Å²) < 4.78 is 27.5. The van der Waals surface area contributed by atoms with E-state index in [0.717, 1.165) is 26.2 Å². The summed E-state index contributed by atoms with van der Waals surface area (Å²) in [7, 11) is 0. The molecule has 1 aliphatic rings.